The molecule has 2 aromatic rings. The number of carbonyl (C=O) groups excluding carboxylic acids is 1. The highest BCUT2D eigenvalue weighted by molar-refractivity contribution is 9.10. The van der Waals surface area contributed by atoms with Gasteiger partial charge in [-0.2, -0.15) is 5.26 Å². The first-order chi connectivity index (χ1) is 9.92. The Labute approximate surface area is 130 Å². The second-order valence-corrected chi connectivity index (χ2v) is 5.72. The molecule has 6 heteroatoms. The molecular weight excluding hydrogens is 337 g/mol. The third-order valence-electron chi connectivity index (χ3n) is 2.95. The van der Waals surface area contributed by atoms with Gasteiger partial charge in [0.05, 0.1) is 11.3 Å². The molecule has 0 fully saturated rings. The number of anilines is 1. The Kier molecular flexibility index (Phi) is 4.43. The summed E-state index contributed by atoms with van der Waals surface area (Å²) in [4.78, 5) is 12.3. The van der Waals surface area contributed by atoms with Crippen LogP contribution in [0, 0.1) is 17.1 Å². The van der Waals surface area contributed by atoms with E-state index in [-0.39, 0.29) is 23.2 Å². The summed E-state index contributed by atoms with van der Waals surface area (Å²) in [6.07, 6.45) is 1.81. The second-order valence-electron chi connectivity index (χ2n) is 4.80. The molecule has 1 N–H and O–H groups in total. The lowest BCUT2D eigenvalue weighted by Crippen LogP contribution is -2.18. The van der Waals surface area contributed by atoms with Gasteiger partial charge < -0.3 is 9.88 Å². The number of nitrogens with one attached hydrogen (secondary N) is 1. The minimum absolute atomic E-state index is 0.0880. The summed E-state index contributed by atoms with van der Waals surface area (Å²) in [5, 5.41) is 11.6. The molecule has 1 heterocycles. The van der Waals surface area contributed by atoms with E-state index in [1.807, 2.05) is 30.7 Å². The molecule has 2 rings (SSSR count). The Bertz CT molecular complexity index is 731. The molecule has 0 unspecified atom stereocenters. The smallest absolute Gasteiger partial charge is 0.272 e. The molecule has 0 aliphatic carbocycles. The van der Waals surface area contributed by atoms with E-state index in [1.165, 1.54) is 12.1 Å². The van der Waals surface area contributed by atoms with Gasteiger partial charge in [-0.15, -0.1) is 0 Å². The summed E-state index contributed by atoms with van der Waals surface area (Å²) in [5.74, 6) is -0.865. The number of nitrogens with zero attached hydrogens (tertiary/aromatic N) is 2. The summed E-state index contributed by atoms with van der Waals surface area (Å²) < 4.78 is 15.7. The number of amides is 1. The molecule has 0 saturated heterocycles. The molecule has 21 heavy (non-hydrogen) atoms. The lowest BCUT2D eigenvalue weighted by atomic mass is 10.2. The summed E-state index contributed by atoms with van der Waals surface area (Å²) in [7, 11) is 0. The number of rotatable bonds is 3. The minimum Gasteiger partial charge on any atom is -0.340 e. The molecule has 108 valence electrons. The van der Waals surface area contributed by atoms with Crippen molar-refractivity contribution in [1.29, 1.82) is 5.26 Å². The number of carbonyl (C=O) groups is 1. The lowest BCUT2D eigenvalue weighted by Gasteiger charge is -2.13. The van der Waals surface area contributed by atoms with Gasteiger partial charge in [-0.25, -0.2) is 4.39 Å². The third kappa shape index (κ3) is 3.31. The summed E-state index contributed by atoms with van der Waals surface area (Å²) in [6.45, 7) is 3.92. The van der Waals surface area contributed by atoms with Gasteiger partial charge >= 0.3 is 0 Å². The summed E-state index contributed by atoms with van der Waals surface area (Å²) in [5.41, 5.74) is 0.840. The number of benzene rings is 1. The van der Waals surface area contributed by atoms with Gasteiger partial charge in [0.25, 0.3) is 5.91 Å². The number of halogens is 2. The van der Waals surface area contributed by atoms with Crippen LogP contribution in [0.5, 0.6) is 0 Å². The lowest BCUT2D eigenvalue weighted by molar-refractivity contribution is 0.101. The fourth-order valence-corrected chi connectivity index (χ4v) is 2.40. The maximum absolute atomic E-state index is 13.1. The van der Waals surface area contributed by atoms with E-state index in [4.69, 9.17) is 5.26 Å². The Hall–Kier alpha value is -2.13. The third-order valence-corrected chi connectivity index (χ3v) is 3.39. The van der Waals surface area contributed by atoms with Gasteiger partial charge in [0.1, 0.15) is 17.6 Å². The maximum atomic E-state index is 13.1. The van der Waals surface area contributed by atoms with Crippen LogP contribution in [0.1, 0.15) is 35.9 Å². The molecular formula is C15H13BrFN3O. The molecule has 1 aromatic carbocycles. The van der Waals surface area contributed by atoms with Crippen LogP contribution < -0.4 is 5.32 Å². The normalized spacial score (nSPS) is 10.5. The quantitative estimate of drug-likeness (QED) is 0.906. The van der Waals surface area contributed by atoms with Crippen molar-refractivity contribution in [1.82, 2.24) is 4.57 Å². The van der Waals surface area contributed by atoms with Crippen molar-refractivity contribution in [3.8, 4) is 6.07 Å². The average Bonchev–Trinajstić information content (AvgIpc) is 2.83. The van der Waals surface area contributed by atoms with Crippen molar-refractivity contribution >= 4 is 27.5 Å². The fraction of sp³-hybridized carbons (Fsp3) is 0.200. The molecule has 0 aliphatic heterocycles. The van der Waals surface area contributed by atoms with E-state index in [0.717, 1.165) is 10.5 Å². The topological polar surface area (TPSA) is 57.8 Å². The van der Waals surface area contributed by atoms with Crippen molar-refractivity contribution < 1.29 is 9.18 Å². The van der Waals surface area contributed by atoms with E-state index in [0.29, 0.717) is 5.69 Å². The molecule has 0 aliphatic rings. The molecule has 1 amide bonds. The van der Waals surface area contributed by atoms with Crippen LogP contribution in [-0.2, 0) is 0 Å². The Balaban J connectivity index is 2.33. The van der Waals surface area contributed by atoms with E-state index >= 15 is 0 Å². The van der Waals surface area contributed by atoms with Crippen molar-refractivity contribution in [3.63, 3.8) is 0 Å². The van der Waals surface area contributed by atoms with Crippen molar-refractivity contribution in [3.05, 3.63) is 52.0 Å². The largest absolute Gasteiger partial charge is 0.340 e. The molecule has 0 bridgehead atoms. The van der Waals surface area contributed by atoms with E-state index < -0.39 is 5.82 Å². The molecule has 4 nitrogen and oxygen atoms in total. The number of nitriles is 1. The molecule has 0 spiro atoms. The maximum Gasteiger partial charge on any atom is 0.272 e. The van der Waals surface area contributed by atoms with Crippen molar-refractivity contribution in [2.75, 3.05) is 5.32 Å². The van der Waals surface area contributed by atoms with Gasteiger partial charge in [0.2, 0.25) is 0 Å². The van der Waals surface area contributed by atoms with Crippen LogP contribution in [0.2, 0.25) is 0 Å². The zero-order chi connectivity index (χ0) is 15.6. The van der Waals surface area contributed by atoms with E-state index in [9.17, 15) is 9.18 Å². The Morgan fingerprint density at radius 1 is 1.43 bits per heavy atom. The Morgan fingerprint density at radius 2 is 2.14 bits per heavy atom. The number of hydrogen-bond acceptors (Lipinski definition) is 2. The van der Waals surface area contributed by atoms with Crippen LogP contribution in [-0.4, -0.2) is 10.5 Å². The van der Waals surface area contributed by atoms with Gasteiger partial charge in [0, 0.05) is 16.7 Å². The zero-order valence-electron chi connectivity index (χ0n) is 11.5. The predicted molar refractivity (Wildman–Crippen MR) is 81.6 cm³/mol. The van der Waals surface area contributed by atoms with Gasteiger partial charge in [-0.05, 0) is 54.0 Å². The standard InChI is InChI=1S/C15H13BrFN3O/c1-9(2)20-8-11(16)6-14(20)15(21)19-13-4-3-12(17)5-10(13)7-18/h3-6,8-9H,1-2H3,(H,19,21). The van der Waals surface area contributed by atoms with Gasteiger partial charge in [-0.1, -0.05) is 0 Å². The highest BCUT2D eigenvalue weighted by Crippen LogP contribution is 2.22. The highest BCUT2D eigenvalue weighted by atomic mass is 79.9. The first-order valence-electron chi connectivity index (χ1n) is 6.30. The van der Waals surface area contributed by atoms with Gasteiger partial charge in [-0.3, -0.25) is 4.79 Å². The zero-order valence-corrected chi connectivity index (χ0v) is 13.1. The minimum atomic E-state index is -0.516. The molecule has 0 saturated carbocycles. The van der Waals surface area contributed by atoms with Crippen LogP contribution in [0.25, 0.3) is 0 Å². The monoisotopic (exact) mass is 349 g/mol. The first kappa shape index (κ1) is 15.3. The van der Waals surface area contributed by atoms with Crippen LogP contribution in [0.4, 0.5) is 10.1 Å². The summed E-state index contributed by atoms with van der Waals surface area (Å²) in [6, 6.07) is 7.35. The predicted octanol–water partition coefficient (Wildman–Crippen LogP) is 4.09. The fourth-order valence-electron chi connectivity index (χ4n) is 1.96. The number of aromatic nitrogens is 1. The van der Waals surface area contributed by atoms with E-state index in [2.05, 4.69) is 21.2 Å². The van der Waals surface area contributed by atoms with E-state index in [1.54, 1.807) is 6.07 Å². The van der Waals surface area contributed by atoms with Crippen molar-refractivity contribution in [2.24, 2.45) is 0 Å². The van der Waals surface area contributed by atoms with Crippen LogP contribution in [0.3, 0.4) is 0 Å². The number of hydrogen-bond donors (Lipinski definition) is 1. The Morgan fingerprint density at radius 3 is 2.76 bits per heavy atom. The summed E-state index contributed by atoms with van der Waals surface area (Å²) >= 11 is 3.34. The highest BCUT2D eigenvalue weighted by Gasteiger charge is 2.16. The molecule has 0 radical (unpaired) electrons. The SMILES string of the molecule is CC(C)n1cc(Br)cc1C(=O)Nc1ccc(F)cc1C#N. The van der Waals surface area contributed by atoms with Crippen LogP contribution in [0.15, 0.2) is 34.9 Å². The molecule has 0 atom stereocenters. The van der Waals surface area contributed by atoms with Crippen molar-refractivity contribution in [2.45, 2.75) is 19.9 Å². The average molecular weight is 350 g/mol. The van der Waals surface area contributed by atoms with Crippen LogP contribution >= 0.6 is 15.9 Å². The second kappa shape index (κ2) is 6.10. The first-order valence-corrected chi connectivity index (χ1v) is 7.10. The molecule has 1 aromatic heterocycles. The van der Waals surface area contributed by atoms with Gasteiger partial charge in [0.15, 0.2) is 0 Å².